The molecule has 0 fully saturated rings. The summed E-state index contributed by atoms with van der Waals surface area (Å²) < 4.78 is 5.65. The first-order valence-corrected chi connectivity index (χ1v) is 7.85. The first-order chi connectivity index (χ1) is 9.93. The lowest BCUT2D eigenvalue weighted by molar-refractivity contribution is -0.114. The molecule has 0 aromatic carbocycles. The van der Waals surface area contributed by atoms with E-state index in [4.69, 9.17) is 4.74 Å². The van der Waals surface area contributed by atoms with Crippen molar-refractivity contribution in [3.8, 4) is 0 Å². The van der Waals surface area contributed by atoms with Gasteiger partial charge in [-0.05, 0) is 69.6 Å². The molecule has 0 aromatic heterocycles. The molecule has 1 rings (SSSR count). The molecule has 5 nitrogen and oxygen atoms in total. The minimum Gasteiger partial charge on any atom is -0.492 e. The summed E-state index contributed by atoms with van der Waals surface area (Å²) in [6.45, 7) is 12.1. The van der Waals surface area contributed by atoms with Crippen molar-refractivity contribution in [2.45, 2.75) is 52.6 Å². The Labute approximate surface area is 140 Å². The minimum absolute atomic E-state index is 0.178. The van der Waals surface area contributed by atoms with Crippen LogP contribution >= 0.6 is 15.9 Å². The van der Waals surface area contributed by atoms with E-state index in [1.54, 1.807) is 6.08 Å². The van der Waals surface area contributed by atoms with Crippen molar-refractivity contribution in [2.75, 3.05) is 7.11 Å². The number of ketones is 1. The molecular formula is C16H24BrN3O2. The molecule has 0 bridgehead atoms. The molecule has 122 valence electrons. The molecule has 0 radical (unpaired) electrons. The molecule has 0 heterocycles. The van der Waals surface area contributed by atoms with Crippen LogP contribution in [-0.2, 0) is 9.53 Å². The van der Waals surface area contributed by atoms with Crippen molar-refractivity contribution in [2.24, 2.45) is 9.98 Å². The van der Waals surface area contributed by atoms with Crippen molar-refractivity contribution in [1.82, 2.24) is 5.32 Å². The molecule has 0 saturated carbocycles. The van der Waals surface area contributed by atoms with Crippen LogP contribution in [0.15, 0.2) is 32.4 Å². The molecule has 0 atom stereocenters. The van der Waals surface area contributed by atoms with Crippen LogP contribution in [0.3, 0.4) is 0 Å². The lowest BCUT2D eigenvalue weighted by Crippen LogP contribution is -2.41. The summed E-state index contributed by atoms with van der Waals surface area (Å²) in [7, 11) is 1.46. The second kappa shape index (κ2) is 6.77. The first-order valence-electron chi connectivity index (χ1n) is 7.06. The number of halogens is 1. The zero-order valence-electron chi connectivity index (χ0n) is 14.2. The van der Waals surface area contributed by atoms with Gasteiger partial charge in [-0.3, -0.25) is 4.79 Å². The average molecular weight is 370 g/mol. The van der Waals surface area contributed by atoms with Crippen molar-refractivity contribution in [3.05, 3.63) is 22.4 Å². The Morgan fingerprint density at radius 2 is 1.77 bits per heavy atom. The normalized spacial score (nSPS) is 19.0. The van der Waals surface area contributed by atoms with Crippen LogP contribution in [0, 0.1) is 0 Å². The van der Waals surface area contributed by atoms with Crippen molar-refractivity contribution < 1.29 is 9.53 Å². The quantitative estimate of drug-likeness (QED) is 0.437. The van der Waals surface area contributed by atoms with Crippen LogP contribution < -0.4 is 5.32 Å². The summed E-state index contributed by atoms with van der Waals surface area (Å²) in [6.07, 6.45) is 3.09. The third-order valence-corrected chi connectivity index (χ3v) is 3.17. The molecule has 6 heteroatoms. The number of carbonyl (C=O) groups excluding carboxylic acids is 1. The third-order valence-electron chi connectivity index (χ3n) is 2.40. The number of hydrogen-bond acceptors (Lipinski definition) is 3. The maximum Gasteiger partial charge on any atom is 0.221 e. The van der Waals surface area contributed by atoms with E-state index in [9.17, 15) is 4.79 Å². The van der Waals surface area contributed by atoms with Gasteiger partial charge in [-0.1, -0.05) is 0 Å². The predicted octanol–water partition coefficient (Wildman–Crippen LogP) is 3.36. The van der Waals surface area contributed by atoms with Crippen molar-refractivity contribution in [1.29, 1.82) is 0 Å². The van der Waals surface area contributed by atoms with Gasteiger partial charge in [-0.2, -0.15) is 0 Å². The second-order valence-corrected chi connectivity index (χ2v) is 7.82. The Kier molecular flexibility index (Phi) is 5.73. The van der Waals surface area contributed by atoms with E-state index >= 15 is 0 Å². The zero-order valence-corrected chi connectivity index (χ0v) is 15.8. The van der Waals surface area contributed by atoms with Crippen LogP contribution in [-0.4, -0.2) is 35.6 Å². The molecule has 1 aliphatic carbocycles. The maximum atomic E-state index is 11.7. The van der Waals surface area contributed by atoms with Crippen molar-refractivity contribution in [3.63, 3.8) is 0 Å². The molecule has 0 unspecified atom stereocenters. The van der Waals surface area contributed by atoms with E-state index < -0.39 is 0 Å². The number of carbonyl (C=O) groups is 1. The van der Waals surface area contributed by atoms with Crippen LogP contribution in [0.25, 0.3) is 0 Å². The van der Waals surface area contributed by atoms with Gasteiger partial charge in [0.25, 0.3) is 0 Å². The molecule has 22 heavy (non-hydrogen) atoms. The van der Waals surface area contributed by atoms with Gasteiger partial charge < -0.3 is 10.1 Å². The number of hydrogen-bond donors (Lipinski definition) is 1. The summed E-state index contributed by atoms with van der Waals surface area (Å²) in [5.41, 5.74) is 0.144. The standard InChI is InChI=1S/C16H24BrN3O2/c1-15(2,3)19-14(20-16(4,5)6)18-10-8-9-11(21)13(22-7)12(10)17/h8-9H,1-7H3,(H,19,20)/b18-10+. The summed E-state index contributed by atoms with van der Waals surface area (Å²) in [6, 6.07) is 0. The number of methoxy groups -OCH3 is 1. The van der Waals surface area contributed by atoms with E-state index in [1.165, 1.54) is 13.2 Å². The van der Waals surface area contributed by atoms with Gasteiger partial charge in [0.2, 0.25) is 11.7 Å². The molecule has 0 aliphatic heterocycles. The highest BCUT2D eigenvalue weighted by Gasteiger charge is 2.22. The van der Waals surface area contributed by atoms with Crippen LogP contribution in [0.4, 0.5) is 0 Å². The number of guanidine groups is 1. The minimum atomic E-state index is -0.272. The Morgan fingerprint density at radius 1 is 1.18 bits per heavy atom. The Hall–Kier alpha value is -1.43. The van der Waals surface area contributed by atoms with E-state index in [-0.39, 0.29) is 22.6 Å². The molecular weight excluding hydrogens is 346 g/mol. The summed E-state index contributed by atoms with van der Waals surface area (Å²) >= 11 is 3.38. The smallest absolute Gasteiger partial charge is 0.221 e. The largest absolute Gasteiger partial charge is 0.492 e. The van der Waals surface area contributed by atoms with Crippen molar-refractivity contribution >= 4 is 33.4 Å². The van der Waals surface area contributed by atoms with E-state index in [2.05, 4.69) is 31.2 Å². The summed E-state index contributed by atoms with van der Waals surface area (Å²) in [5.74, 6) is 0.569. The monoisotopic (exact) mass is 369 g/mol. The number of ether oxygens (including phenoxy) is 1. The topological polar surface area (TPSA) is 63.1 Å². The van der Waals surface area contributed by atoms with Gasteiger partial charge in [0.1, 0.15) is 0 Å². The lowest BCUT2D eigenvalue weighted by Gasteiger charge is -2.24. The van der Waals surface area contributed by atoms with Crippen LogP contribution in [0.2, 0.25) is 0 Å². The fourth-order valence-electron chi connectivity index (χ4n) is 1.65. The fraction of sp³-hybridized carbons (Fsp3) is 0.562. The first kappa shape index (κ1) is 18.6. The lowest BCUT2D eigenvalue weighted by atomic mass is 10.1. The molecule has 1 aliphatic rings. The highest BCUT2D eigenvalue weighted by atomic mass is 79.9. The number of nitrogens with zero attached hydrogens (tertiary/aromatic N) is 2. The van der Waals surface area contributed by atoms with Gasteiger partial charge >= 0.3 is 0 Å². The second-order valence-electron chi connectivity index (χ2n) is 7.02. The zero-order chi connectivity index (χ0) is 17.1. The van der Waals surface area contributed by atoms with Crippen LogP contribution in [0.5, 0.6) is 0 Å². The number of aliphatic imine (C=N–C) groups is 2. The molecule has 0 aromatic rings. The van der Waals surface area contributed by atoms with Gasteiger partial charge in [0, 0.05) is 5.54 Å². The average Bonchev–Trinajstić information content (AvgIpc) is 2.29. The Bertz CT molecular complexity index is 573. The highest BCUT2D eigenvalue weighted by Crippen LogP contribution is 2.22. The molecule has 0 amide bonds. The van der Waals surface area contributed by atoms with Crippen LogP contribution in [0.1, 0.15) is 41.5 Å². The number of nitrogens with one attached hydrogen (secondary N) is 1. The van der Waals surface area contributed by atoms with Gasteiger partial charge in [-0.15, -0.1) is 0 Å². The number of allylic oxidation sites excluding steroid dienone is 3. The molecule has 0 saturated heterocycles. The fourth-order valence-corrected chi connectivity index (χ4v) is 2.23. The highest BCUT2D eigenvalue weighted by molar-refractivity contribution is 9.12. The third kappa shape index (κ3) is 5.75. The molecule has 0 spiro atoms. The van der Waals surface area contributed by atoms with E-state index in [0.717, 1.165) is 0 Å². The Balaban J connectivity index is 3.28. The summed E-state index contributed by atoms with van der Waals surface area (Å²) in [4.78, 5) is 20.9. The van der Waals surface area contributed by atoms with E-state index in [0.29, 0.717) is 16.2 Å². The predicted molar refractivity (Wildman–Crippen MR) is 94.6 cm³/mol. The van der Waals surface area contributed by atoms with E-state index in [1.807, 2.05) is 41.5 Å². The Morgan fingerprint density at radius 3 is 2.23 bits per heavy atom. The van der Waals surface area contributed by atoms with Gasteiger partial charge in [-0.25, -0.2) is 9.98 Å². The molecule has 1 N–H and O–H groups in total. The SMILES string of the molecule is COC1=C(Br)/C(=N/C(=NC(C)(C)C)NC(C)(C)C)C=CC1=O. The maximum absolute atomic E-state index is 11.7. The number of rotatable bonds is 1. The van der Waals surface area contributed by atoms with Gasteiger partial charge in [0.15, 0.2) is 5.76 Å². The van der Waals surface area contributed by atoms with Gasteiger partial charge in [0.05, 0.1) is 22.8 Å². The summed E-state index contributed by atoms with van der Waals surface area (Å²) in [5, 5.41) is 3.28.